The molecule has 1 fully saturated rings. The zero-order valence-electron chi connectivity index (χ0n) is 11.4. The zero-order valence-corrected chi connectivity index (χ0v) is 11.4. The zero-order chi connectivity index (χ0) is 14.7. The molecule has 108 valence electrons. The third-order valence-corrected chi connectivity index (χ3v) is 3.44. The summed E-state index contributed by atoms with van der Waals surface area (Å²) in [5.74, 6) is -0.308. The number of benzene rings is 1. The van der Waals surface area contributed by atoms with Gasteiger partial charge in [-0.25, -0.2) is 0 Å². The molecule has 7 nitrogen and oxygen atoms in total. The molecule has 1 aromatic carbocycles. The maximum atomic E-state index is 11.5. The number of esters is 1. The highest BCUT2D eigenvalue weighted by atomic mass is 16.6. The molecule has 0 aliphatic carbocycles. The van der Waals surface area contributed by atoms with Crippen LogP contribution in [0.25, 0.3) is 0 Å². The van der Waals surface area contributed by atoms with Crippen LogP contribution in [0.3, 0.4) is 0 Å². The topological polar surface area (TPSA) is 81.9 Å². The van der Waals surface area contributed by atoms with Crippen molar-refractivity contribution in [3.63, 3.8) is 0 Å². The van der Waals surface area contributed by atoms with Gasteiger partial charge in [-0.3, -0.25) is 14.9 Å². The number of hydrogen-bond donors (Lipinski definition) is 0. The molecule has 20 heavy (non-hydrogen) atoms. The predicted octanol–water partition coefficient (Wildman–Crippen LogP) is 1.60. The lowest BCUT2D eigenvalue weighted by molar-refractivity contribution is -0.385. The summed E-state index contributed by atoms with van der Waals surface area (Å²) in [5.41, 5.74) is 0.404. The van der Waals surface area contributed by atoms with Crippen molar-refractivity contribution in [2.45, 2.75) is 6.42 Å². The first-order valence-electron chi connectivity index (χ1n) is 6.22. The number of anilines is 1. The average molecular weight is 280 g/mol. The van der Waals surface area contributed by atoms with Crippen molar-refractivity contribution >= 4 is 17.3 Å². The first-order valence-corrected chi connectivity index (χ1v) is 6.22. The summed E-state index contributed by atoms with van der Waals surface area (Å²) >= 11 is 0. The maximum Gasteiger partial charge on any atom is 0.333 e. The highest BCUT2D eigenvalue weighted by Gasteiger charge is 2.33. The monoisotopic (exact) mass is 280 g/mol. The van der Waals surface area contributed by atoms with E-state index in [1.165, 1.54) is 14.2 Å². The van der Waals surface area contributed by atoms with E-state index in [1.54, 1.807) is 18.2 Å². The van der Waals surface area contributed by atoms with E-state index in [2.05, 4.69) is 0 Å². The van der Waals surface area contributed by atoms with Gasteiger partial charge in [-0.1, -0.05) is 6.07 Å². The van der Waals surface area contributed by atoms with E-state index in [0.717, 1.165) is 0 Å². The Morgan fingerprint density at radius 2 is 2.20 bits per heavy atom. The number of nitro benzene ring substituents is 1. The molecular weight excluding hydrogens is 264 g/mol. The Bertz CT molecular complexity index is 531. The molecule has 1 aliphatic rings. The van der Waals surface area contributed by atoms with Gasteiger partial charge in [0.2, 0.25) is 0 Å². The van der Waals surface area contributed by atoms with Crippen molar-refractivity contribution < 1.29 is 19.2 Å². The molecule has 0 amide bonds. The Morgan fingerprint density at radius 3 is 2.80 bits per heavy atom. The minimum absolute atomic E-state index is 0.0690. The fourth-order valence-electron chi connectivity index (χ4n) is 2.45. The van der Waals surface area contributed by atoms with Crippen molar-refractivity contribution in [1.29, 1.82) is 0 Å². The van der Waals surface area contributed by atoms with E-state index in [9.17, 15) is 14.9 Å². The summed E-state index contributed by atoms with van der Waals surface area (Å²) in [6.07, 6.45) is 0.626. The van der Waals surface area contributed by atoms with Crippen molar-refractivity contribution in [2.75, 3.05) is 32.2 Å². The Labute approximate surface area is 116 Å². The minimum Gasteiger partial charge on any atom is -0.490 e. The first-order chi connectivity index (χ1) is 9.58. The molecule has 2 rings (SSSR count). The summed E-state index contributed by atoms with van der Waals surface area (Å²) in [7, 11) is 2.74. The largest absolute Gasteiger partial charge is 0.490 e. The van der Waals surface area contributed by atoms with Crippen LogP contribution in [-0.4, -0.2) is 38.2 Å². The molecule has 0 saturated carbocycles. The van der Waals surface area contributed by atoms with Gasteiger partial charge < -0.3 is 14.4 Å². The standard InChI is InChI=1S/C13H16N2O5/c1-19-11-5-3-4-10(12(11)15(17)18)14-7-6-9(8-14)13(16)20-2/h3-5,9H,6-8H2,1-2H3. The number of methoxy groups -OCH3 is 2. The number of ether oxygens (including phenoxy) is 2. The van der Waals surface area contributed by atoms with Gasteiger partial charge in [0.05, 0.1) is 25.1 Å². The Hall–Kier alpha value is -2.31. The molecule has 1 saturated heterocycles. The van der Waals surface area contributed by atoms with Crippen LogP contribution in [0.15, 0.2) is 18.2 Å². The summed E-state index contributed by atoms with van der Waals surface area (Å²) in [6.45, 7) is 0.994. The molecule has 1 unspecified atom stereocenters. The Balaban J connectivity index is 2.30. The van der Waals surface area contributed by atoms with E-state index >= 15 is 0 Å². The number of rotatable bonds is 4. The number of hydrogen-bond acceptors (Lipinski definition) is 6. The molecule has 7 heteroatoms. The number of carbonyl (C=O) groups is 1. The number of carbonyl (C=O) groups excluding carboxylic acids is 1. The molecule has 0 radical (unpaired) electrons. The second-order valence-electron chi connectivity index (χ2n) is 4.54. The van der Waals surface area contributed by atoms with E-state index < -0.39 is 4.92 Å². The minimum atomic E-state index is -0.459. The third kappa shape index (κ3) is 2.52. The lowest BCUT2D eigenvalue weighted by Crippen LogP contribution is -2.24. The SMILES string of the molecule is COC(=O)C1CCN(c2cccc(OC)c2[N+](=O)[O-])C1. The number of nitrogens with zero attached hydrogens (tertiary/aromatic N) is 2. The smallest absolute Gasteiger partial charge is 0.333 e. The van der Waals surface area contributed by atoms with Gasteiger partial charge >= 0.3 is 11.7 Å². The predicted molar refractivity (Wildman–Crippen MR) is 72.0 cm³/mol. The summed E-state index contributed by atoms with van der Waals surface area (Å²) in [5, 5.41) is 11.2. The molecule has 0 aromatic heterocycles. The van der Waals surface area contributed by atoms with Gasteiger partial charge in [0.25, 0.3) is 0 Å². The van der Waals surface area contributed by atoms with E-state index in [4.69, 9.17) is 9.47 Å². The lowest BCUT2D eigenvalue weighted by atomic mass is 10.1. The van der Waals surface area contributed by atoms with Gasteiger partial charge in [0, 0.05) is 13.1 Å². The summed E-state index contributed by atoms with van der Waals surface area (Å²) in [6, 6.07) is 4.92. The summed E-state index contributed by atoms with van der Waals surface area (Å²) in [4.78, 5) is 24.1. The van der Waals surface area contributed by atoms with E-state index in [-0.39, 0.29) is 23.3 Å². The van der Waals surface area contributed by atoms with Crippen molar-refractivity contribution in [2.24, 2.45) is 5.92 Å². The second kappa shape index (κ2) is 5.77. The molecule has 0 spiro atoms. The van der Waals surface area contributed by atoms with Crippen LogP contribution >= 0.6 is 0 Å². The second-order valence-corrected chi connectivity index (χ2v) is 4.54. The van der Waals surface area contributed by atoms with Gasteiger partial charge in [-0.05, 0) is 18.6 Å². The number of nitro groups is 1. The van der Waals surface area contributed by atoms with E-state index in [0.29, 0.717) is 25.2 Å². The fraction of sp³-hybridized carbons (Fsp3) is 0.462. The van der Waals surface area contributed by atoms with Crippen LogP contribution in [0.1, 0.15) is 6.42 Å². The molecular formula is C13H16N2O5. The van der Waals surface area contributed by atoms with Crippen LogP contribution in [0.4, 0.5) is 11.4 Å². The van der Waals surface area contributed by atoms with Crippen LogP contribution in [0, 0.1) is 16.0 Å². The van der Waals surface area contributed by atoms with Gasteiger partial charge in [0.15, 0.2) is 5.75 Å². The highest BCUT2D eigenvalue weighted by Crippen LogP contribution is 2.39. The van der Waals surface area contributed by atoms with Crippen LogP contribution in [0.5, 0.6) is 5.75 Å². The quantitative estimate of drug-likeness (QED) is 0.473. The maximum absolute atomic E-state index is 11.5. The Kier molecular flexibility index (Phi) is 4.07. The number of para-hydroxylation sites is 1. The molecule has 1 aromatic rings. The van der Waals surface area contributed by atoms with Crippen LogP contribution in [-0.2, 0) is 9.53 Å². The van der Waals surface area contributed by atoms with Gasteiger partial charge in [-0.2, -0.15) is 0 Å². The van der Waals surface area contributed by atoms with Crippen molar-refractivity contribution in [1.82, 2.24) is 0 Å². The lowest BCUT2D eigenvalue weighted by Gasteiger charge is -2.19. The first kappa shape index (κ1) is 14.1. The summed E-state index contributed by atoms with van der Waals surface area (Å²) < 4.78 is 9.76. The van der Waals surface area contributed by atoms with Gasteiger partial charge in [-0.15, -0.1) is 0 Å². The third-order valence-electron chi connectivity index (χ3n) is 3.44. The van der Waals surface area contributed by atoms with Crippen LogP contribution in [0.2, 0.25) is 0 Å². The van der Waals surface area contributed by atoms with Crippen molar-refractivity contribution in [3.8, 4) is 5.75 Å². The van der Waals surface area contributed by atoms with Gasteiger partial charge in [0.1, 0.15) is 5.69 Å². The average Bonchev–Trinajstić information content (AvgIpc) is 2.95. The van der Waals surface area contributed by atoms with Crippen molar-refractivity contribution in [3.05, 3.63) is 28.3 Å². The van der Waals surface area contributed by atoms with Crippen LogP contribution < -0.4 is 9.64 Å². The normalized spacial score (nSPS) is 17.9. The molecule has 1 aliphatic heterocycles. The molecule has 0 N–H and O–H groups in total. The molecule has 1 atom stereocenters. The highest BCUT2D eigenvalue weighted by molar-refractivity contribution is 5.76. The van der Waals surface area contributed by atoms with E-state index in [1.807, 2.05) is 4.90 Å². The molecule has 1 heterocycles. The Morgan fingerprint density at radius 1 is 1.45 bits per heavy atom. The fourth-order valence-corrected chi connectivity index (χ4v) is 2.45. The molecule has 0 bridgehead atoms.